The first-order chi connectivity index (χ1) is 14.4. The largest absolute Gasteiger partial charge is 0.482 e. The van der Waals surface area contributed by atoms with E-state index in [4.69, 9.17) is 9.15 Å². The lowest BCUT2D eigenvalue weighted by Crippen LogP contribution is -2.20. The molecule has 0 unspecified atom stereocenters. The molecule has 1 heterocycles. The van der Waals surface area contributed by atoms with Crippen molar-refractivity contribution in [2.24, 2.45) is 0 Å². The van der Waals surface area contributed by atoms with Crippen molar-refractivity contribution in [3.63, 3.8) is 0 Å². The number of nitrogens with one attached hydrogen (secondary N) is 1. The third-order valence-electron chi connectivity index (χ3n) is 4.28. The number of aromatic nitrogens is 1. The van der Waals surface area contributed by atoms with Crippen molar-refractivity contribution in [3.05, 3.63) is 73.6 Å². The number of amides is 1. The highest BCUT2D eigenvalue weighted by atomic mass is 79.9. The molecule has 3 aromatic carbocycles. The maximum atomic E-state index is 12.4. The lowest BCUT2D eigenvalue weighted by atomic mass is 10.2. The van der Waals surface area contributed by atoms with Crippen molar-refractivity contribution in [1.82, 2.24) is 4.98 Å². The number of aryl methyl sites for hydroxylation is 1. The Kier molecular flexibility index (Phi) is 6.26. The first-order valence-electron chi connectivity index (χ1n) is 8.94. The van der Waals surface area contributed by atoms with E-state index in [-0.39, 0.29) is 12.5 Å². The van der Waals surface area contributed by atoms with E-state index in [2.05, 4.69) is 58.1 Å². The van der Waals surface area contributed by atoms with Crippen molar-refractivity contribution in [3.8, 4) is 17.2 Å². The fourth-order valence-electron chi connectivity index (χ4n) is 2.96. The van der Waals surface area contributed by atoms with Gasteiger partial charge in [-0.25, -0.2) is 4.98 Å². The fourth-order valence-corrected chi connectivity index (χ4v) is 4.91. The number of hydrogen-bond acceptors (Lipinski definition) is 4. The van der Waals surface area contributed by atoms with Crippen LogP contribution in [-0.2, 0) is 4.79 Å². The van der Waals surface area contributed by atoms with E-state index in [0.29, 0.717) is 28.4 Å². The van der Waals surface area contributed by atoms with Gasteiger partial charge in [-0.05, 0) is 76.9 Å². The minimum Gasteiger partial charge on any atom is -0.482 e. The monoisotopic (exact) mass is 592 g/mol. The number of halogens is 3. The number of hydrogen-bond donors (Lipinski definition) is 1. The molecular formula is C22H15Br3N2O3. The molecule has 8 heteroatoms. The van der Waals surface area contributed by atoms with Gasteiger partial charge in [0, 0.05) is 20.2 Å². The van der Waals surface area contributed by atoms with Gasteiger partial charge in [0.2, 0.25) is 5.89 Å². The highest BCUT2D eigenvalue weighted by molar-refractivity contribution is 9.11. The van der Waals surface area contributed by atoms with Crippen molar-refractivity contribution < 1.29 is 13.9 Å². The molecule has 1 amide bonds. The summed E-state index contributed by atoms with van der Waals surface area (Å²) < 4.78 is 14.2. The molecule has 4 rings (SSSR count). The summed E-state index contributed by atoms with van der Waals surface area (Å²) in [5.41, 5.74) is 3.73. The SMILES string of the molecule is Cc1cc(Br)cc(Br)c1OCC(=O)Nc1ccc2oc(-c3cccc(Br)c3)nc2c1. The van der Waals surface area contributed by atoms with Gasteiger partial charge in [0.05, 0.1) is 4.47 Å². The number of carbonyl (C=O) groups is 1. The second-order valence-electron chi connectivity index (χ2n) is 6.58. The highest BCUT2D eigenvalue weighted by Crippen LogP contribution is 2.32. The summed E-state index contributed by atoms with van der Waals surface area (Å²) in [4.78, 5) is 16.9. The molecule has 1 aromatic heterocycles. The Bertz CT molecular complexity index is 1230. The molecule has 4 aromatic rings. The molecule has 0 aliphatic rings. The van der Waals surface area contributed by atoms with Crippen LogP contribution in [0.25, 0.3) is 22.6 Å². The zero-order chi connectivity index (χ0) is 21.3. The van der Waals surface area contributed by atoms with E-state index in [1.54, 1.807) is 18.2 Å². The molecule has 152 valence electrons. The summed E-state index contributed by atoms with van der Waals surface area (Å²) in [7, 11) is 0. The summed E-state index contributed by atoms with van der Waals surface area (Å²) in [5, 5.41) is 2.84. The molecule has 0 aliphatic carbocycles. The van der Waals surface area contributed by atoms with Crippen molar-refractivity contribution in [1.29, 1.82) is 0 Å². The number of fused-ring (bicyclic) bond motifs is 1. The molecule has 30 heavy (non-hydrogen) atoms. The van der Waals surface area contributed by atoms with E-state index in [1.807, 2.05) is 43.3 Å². The maximum Gasteiger partial charge on any atom is 0.262 e. The normalized spacial score (nSPS) is 10.9. The lowest BCUT2D eigenvalue weighted by molar-refractivity contribution is -0.118. The average Bonchev–Trinajstić information content (AvgIpc) is 3.10. The molecule has 0 aliphatic heterocycles. The van der Waals surface area contributed by atoms with Gasteiger partial charge in [-0.15, -0.1) is 0 Å². The Morgan fingerprint density at radius 2 is 1.90 bits per heavy atom. The lowest BCUT2D eigenvalue weighted by Gasteiger charge is -2.12. The van der Waals surface area contributed by atoms with Gasteiger partial charge < -0.3 is 14.5 Å². The molecule has 0 radical (unpaired) electrons. The van der Waals surface area contributed by atoms with Crippen LogP contribution in [0.2, 0.25) is 0 Å². The maximum absolute atomic E-state index is 12.4. The first-order valence-corrected chi connectivity index (χ1v) is 11.3. The van der Waals surface area contributed by atoms with Gasteiger partial charge in [-0.2, -0.15) is 0 Å². The minimum absolute atomic E-state index is 0.110. The third kappa shape index (κ3) is 4.77. The van der Waals surface area contributed by atoms with Gasteiger partial charge in [-0.1, -0.05) is 37.9 Å². The van der Waals surface area contributed by atoms with Gasteiger partial charge in [-0.3, -0.25) is 4.79 Å². The van der Waals surface area contributed by atoms with Gasteiger partial charge >= 0.3 is 0 Å². The van der Waals surface area contributed by atoms with E-state index in [0.717, 1.165) is 24.5 Å². The molecule has 1 N–H and O–H groups in total. The van der Waals surface area contributed by atoms with Crippen LogP contribution in [0.5, 0.6) is 5.75 Å². The standard InChI is InChI=1S/C22H15Br3N2O3/c1-12-7-15(24)9-17(25)21(12)29-11-20(28)26-16-5-6-19-18(10-16)27-22(30-19)13-3-2-4-14(23)8-13/h2-10H,11H2,1H3,(H,26,28). The number of oxazole rings is 1. The topological polar surface area (TPSA) is 64.4 Å². The van der Waals surface area contributed by atoms with Crippen LogP contribution >= 0.6 is 47.8 Å². The van der Waals surface area contributed by atoms with Crippen molar-refractivity contribution in [2.75, 3.05) is 11.9 Å². The van der Waals surface area contributed by atoms with Gasteiger partial charge in [0.15, 0.2) is 12.2 Å². The van der Waals surface area contributed by atoms with Gasteiger partial charge in [0.1, 0.15) is 11.3 Å². The Morgan fingerprint density at radius 3 is 2.67 bits per heavy atom. The Labute approximate surface area is 198 Å². The van der Waals surface area contributed by atoms with Crippen LogP contribution in [-0.4, -0.2) is 17.5 Å². The molecule has 5 nitrogen and oxygen atoms in total. The molecule has 0 bridgehead atoms. The Morgan fingerprint density at radius 1 is 1.07 bits per heavy atom. The molecule has 0 atom stereocenters. The summed E-state index contributed by atoms with van der Waals surface area (Å²) >= 11 is 10.3. The molecule has 0 fully saturated rings. The second-order valence-corrected chi connectivity index (χ2v) is 9.27. The predicted octanol–water partition coefficient (Wildman–Crippen LogP) is 7.11. The first kappa shape index (κ1) is 21.1. The zero-order valence-corrected chi connectivity index (χ0v) is 20.5. The van der Waals surface area contributed by atoms with Crippen LogP contribution in [0.15, 0.2) is 72.4 Å². The van der Waals surface area contributed by atoms with Crippen LogP contribution in [0.1, 0.15) is 5.56 Å². The summed E-state index contributed by atoms with van der Waals surface area (Å²) in [5.74, 6) is 0.895. The van der Waals surface area contributed by atoms with E-state index < -0.39 is 0 Å². The summed E-state index contributed by atoms with van der Waals surface area (Å²) in [6.45, 7) is 1.81. The van der Waals surface area contributed by atoms with Gasteiger partial charge in [0.25, 0.3) is 5.91 Å². The van der Waals surface area contributed by atoms with Crippen LogP contribution < -0.4 is 10.1 Å². The molecule has 0 saturated carbocycles. The Hall–Kier alpha value is -2.16. The quantitative estimate of drug-likeness (QED) is 0.267. The summed E-state index contributed by atoms with van der Waals surface area (Å²) in [6, 6.07) is 16.9. The average molecular weight is 595 g/mol. The van der Waals surface area contributed by atoms with E-state index in [1.165, 1.54) is 0 Å². The molecular weight excluding hydrogens is 580 g/mol. The van der Waals surface area contributed by atoms with Crippen molar-refractivity contribution in [2.45, 2.75) is 6.92 Å². The second kappa shape index (κ2) is 8.91. The van der Waals surface area contributed by atoms with Crippen LogP contribution in [0.3, 0.4) is 0 Å². The molecule has 0 spiro atoms. The number of nitrogens with zero attached hydrogens (tertiary/aromatic N) is 1. The summed E-state index contributed by atoms with van der Waals surface area (Å²) in [6.07, 6.45) is 0. The predicted molar refractivity (Wildman–Crippen MR) is 128 cm³/mol. The third-order valence-corrected chi connectivity index (χ3v) is 5.82. The number of ether oxygens (including phenoxy) is 1. The number of carbonyl (C=O) groups excluding carboxylic acids is 1. The van der Waals surface area contributed by atoms with Crippen molar-refractivity contribution >= 4 is 70.5 Å². The smallest absolute Gasteiger partial charge is 0.262 e. The number of anilines is 1. The highest BCUT2D eigenvalue weighted by Gasteiger charge is 2.12. The molecule has 0 saturated heterocycles. The van der Waals surface area contributed by atoms with Crippen LogP contribution in [0, 0.1) is 6.92 Å². The number of rotatable bonds is 5. The van der Waals surface area contributed by atoms with E-state index >= 15 is 0 Å². The zero-order valence-electron chi connectivity index (χ0n) is 15.7. The van der Waals surface area contributed by atoms with E-state index in [9.17, 15) is 4.79 Å². The minimum atomic E-state index is -0.265. The van der Waals surface area contributed by atoms with Crippen LogP contribution in [0.4, 0.5) is 5.69 Å². The fraction of sp³-hybridized carbons (Fsp3) is 0.0909. The Balaban J connectivity index is 1.47. The number of benzene rings is 3.